The number of carboxylic acid groups (broad SMARTS) is 6. The molecule has 0 amide bonds. The standard InChI is InChI=1S/3C4H6O5.Fe/c3*5-2(4(8)9)1-3(6)7;/h3*2,5H,1H2,(H,6,7)(H,8,9);/q;;;+6/p-6. The van der Waals surface area contributed by atoms with Crippen LogP contribution in [0.15, 0.2) is 0 Å². The van der Waals surface area contributed by atoms with Gasteiger partial charge in [0.25, 0.3) is 0 Å². The van der Waals surface area contributed by atoms with E-state index in [0.717, 1.165) is 0 Å². The predicted molar refractivity (Wildman–Crippen MR) is 61.9 cm³/mol. The SMILES string of the molecule is O=C([O-])CC(O)C(=O)[O-].O=C([O-])CC(O)C(=O)[O-].O=C([O-])CC(O)C(=O)[O-].[Fe+6]. The Morgan fingerprint density at radius 1 is 0.500 bits per heavy atom. The fourth-order valence-corrected chi connectivity index (χ4v) is 0.724. The van der Waals surface area contributed by atoms with E-state index >= 15 is 0 Å². The van der Waals surface area contributed by atoms with E-state index in [9.17, 15) is 59.4 Å². The topological polar surface area (TPSA) is 301 Å². The van der Waals surface area contributed by atoms with Crippen LogP contribution in [-0.4, -0.2) is 69.4 Å². The third-order valence-electron chi connectivity index (χ3n) is 1.90. The van der Waals surface area contributed by atoms with E-state index in [1.165, 1.54) is 0 Å². The average Bonchev–Trinajstić information content (AvgIpc) is 2.46. The molecule has 3 unspecified atom stereocenters. The number of carboxylic acids is 6. The summed E-state index contributed by atoms with van der Waals surface area (Å²) in [7, 11) is 0. The Kier molecular flexibility index (Phi) is 20.7. The van der Waals surface area contributed by atoms with Crippen molar-refractivity contribution in [1.29, 1.82) is 0 Å². The van der Waals surface area contributed by atoms with Gasteiger partial charge in [-0.1, -0.05) is 0 Å². The first-order valence-corrected chi connectivity index (χ1v) is 6.38. The van der Waals surface area contributed by atoms with Crippen LogP contribution < -0.4 is 30.6 Å². The molecule has 0 aromatic carbocycles. The first-order valence-electron chi connectivity index (χ1n) is 6.38. The number of carbonyl (C=O) groups excluding carboxylic acids is 6. The van der Waals surface area contributed by atoms with Crippen molar-refractivity contribution in [2.24, 2.45) is 0 Å². The Morgan fingerprint density at radius 3 is 0.679 bits per heavy atom. The van der Waals surface area contributed by atoms with Crippen LogP contribution in [0.5, 0.6) is 0 Å². The van der Waals surface area contributed by atoms with Gasteiger partial charge in [-0.05, 0) is 0 Å². The number of hydrogen-bond acceptors (Lipinski definition) is 15. The summed E-state index contributed by atoms with van der Waals surface area (Å²) in [5.74, 6) is -10.3. The van der Waals surface area contributed by atoms with Crippen molar-refractivity contribution in [2.45, 2.75) is 37.6 Å². The minimum absolute atomic E-state index is 0. The van der Waals surface area contributed by atoms with Gasteiger partial charge in [0.15, 0.2) is 0 Å². The quantitative estimate of drug-likeness (QED) is 0.273. The first-order chi connectivity index (χ1) is 12.1. The van der Waals surface area contributed by atoms with Gasteiger partial charge in [0.1, 0.15) is 0 Å². The summed E-state index contributed by atoms with van der Waals surface area (Å²) in [5.41, 5.74) is 0. The molecule has 0 spiro atoms. The zero-order valence-electron chi connectivity index (χ0n) is 13.4. The molecule has 0 heterocycles. The zero-order chi connectivity index (χ0) is 22.3. The van der Waals surface area contributed by atoms with E-state index in [1.807, 2.05) is 0 Å². The van der Waals surface area contributed by atoms with Gasteiger partial charge in [-0.25, -0.2) is 0 Å². The number of aliphatic hydroxyl groups is 3. The van der Waals surface area contributed by atoms with Crippen LogP contribution in [0.4, 0.5) is 0 Å². The van der Waals surface area contributed by atoms with E-state index in [4.69, 9.17) is 15.3 Å². The minimum Gasteiger partial charge on any atom is -0.550 e. The van der Waals surface area contributed by atoms with Crippen molar-refractivity contribution in [3.63, 3.8) is 0 Å². The summed E-state index contributed by atoms with van der Waals surface area (Å²) in [6, 6.07) is 0. The molecule has 3 atom stereocenters. The Labute approximate surface area is 165 Å². The molecule has 0 aliphatic heterocycles. The number of aliphatic hydroxyl groups excluding tert-OH is 3. The van der Waals surface area contributed by atoms with E-state index in [2.05, 4.69) is 0 Å². The van der Waals surface area contributed by atoms with Crippen molar-refractivity contribution < 1.29 is 91.8 Å². The van der Waals surface area contributed by atoms with Crippen molar-refractivity contribution in [1.82, 2.24) is 0 Å². The summed E-state index contributed by atoms with van der Waals surface area (Å²) < 4.78 is 0. The molecule has 0 aliphatic carbocycles. The van der Waals surface area contributed by atoms with Gasteiger partial charge in [-0.2, -0.15) is 0 Å². The Balaban J connectivity index is -0.000000152. The molecule has 28 heavy (non-hydrogen) atoms. The average molecular weight is 452 g/mol. The van der Waals surface area contributed by atoms with Crippen molar-refractivity contribution in [3.8, 4) is 0 Å². The summed E-state index contributed by atoms with van der Waals surface area (Å²) in [6.45, 7) is 0. The first kappa shape index (κ1) is 32.9. The summed E-state index contributed by atoms with van der Waals surface area (Å²) in [4.78, 5) is 57.4. The molecular weight excluding hydrogens is 440 g/mol. The van der Waals surface area contributed by atoms with E-state index in [0.29, 0.717) is 0 Å². The van der Waals surface area contributed by atoms with Gasteiger partial charge in [-0.15, -0.1) is 0 Å². The normalized spacial score (nSPS) is 12.1. The van der Waals surface area contributed by atoms with Crippen LogP contribution in [0, 0.1) is 0 Å². The predicted octanol–water partition coefficient (Wildman–Crippen LogP) is -11.3. The molecule has 0 aliphatic rings. The van der Waals surface area contributed by atoms with Crippen LogP contribution in [0.1, 0.15) is 19.3 Å². The Bertz CT molecular complexity index is 469. The number of carbonyl (C=O) groups is 6. The molecule has 0 rings (SSSR count). The second-order valence-electron chi connectivity index (χ2n) is 4.23. The molecule has 0 aromatic heterocycles. The molecule has 0 radical (unpaired) electrons. The monoisotopic (exact) mass is 452 g/mol. The second kappa shape index (κ2) is 17.6. The van der Waals surface area contributed by atoms with Crippen LogP contribution in [0.25, 0.3) is 0 Å². The molecular formula is C12H12FeO15. The third kappa shape index (κ3) is 25.5. The minimum atomic E-state index is -1.96. The van der Waals surface area contributed by atoms with Gasteiger partial charge < -0.3 is 74.7 Å². The summed E-state index contributed by atoms with van der Waals surface area (Å²) >= 11 is 0. The number of aliphatic carboxylic acids is 6. The van der Waals surface area contributed by atoms with E-state index < -0.39 is 73.4 Å². The van der Waals surface area contributed by atoms with Crippen LogP contribution >= 0.6 is 0 Å². The molecule has 15 nitrogen and oxygen atoms in total. The fraction of sp³-hybridized carbons (Fsp3) is 0.500. The maximum absolute atomic E-state index is 9.58. The van der Waals surface area contributed by atoms with Gasteiger partial charge >= 0.3 is 17.1 Å². The molecule has 158 valence electrons. The van der Waals surface area contributed by atoms with Crippen molar-refractivity contribution in [3.05, 3.63) is 0 Å². The molecule has 3 N–H and O–H groups in total. The Hall–Kier alpha value is -2.78. The molecule has 0 saturated heterocycles. The smallest absolute Gasteiger partial charge is 0.550 e. The molecule has 0 saturated carbocycles. The van der Waals surface area contributed by atoms with Crippen LogP contribution in [0.2, 0.25) is 0 Å². The maximum Gasteiger partial charge on any atom is 6.00 e. The van der Waals surface area contributed by atoms with Gasteiger partial charge in [0.2, 0.25) is 0 Å². The van der Waals surface area contributed by atoms with Gasteiger partial charge in [0.05, 0.1) is 36.2 Å². The second-order valence-corrected chi connectivity index (χ2v) is 4.23. The largest absolute Gasteiger partial charge is 6.00 e. The summed E-state index contributed by atoms with van der Waals surface area (Å²) in [5, 5.41) is 82.0. The van der Waals surface area contributed by atoms with E-state index in [1.54, 1.807) is 0 Å². The van der Waals surface area contributed by atoms with Crippen LogP contribution in [-0.2, 0) is 45.8 Å². The van der Waals surface area contributed by atoms with Gasteiger partial charge in [-0.3, -0.25) is 0 Å². The van der Waals surface area contributed by atoms with E-state index in [-0.39, 0.29) is 17.1 Å². The zero-order valence-corrected chi connectivity index (χ0v) is 14.6. The Morgan fingerprint density at radius 2 is 0.643 bits per heavy atom. The molecule has 16 heteroatoms. The van der Waals surface area contributed by atoms with Gasteiger partial charge in [0, 0.05) is 37.2 Å². The third-order valence-corrected chi connectivity index (χ3v) is 1.90. The summed E-state index contributed by atoms with van der Waals surface area (Å²) in [6.07, 6.45) is -8.67. The molecule has 0 fully saturated rings. The van der Waals surface area contributed by atoms with Crippen molar-refractivity contribution in [2.75, 3.05) is 0 Å². The molecule has 0 bridgehead atoms. The number of hydrogen-bond donors (Lipinski definition) is 3. The fourth-order valence-electron chi connectivity index (χ4n) is 0.724. The molecule has 0 aromatic rings. The van der Waals surface area contributed by atoms with Crippen molar-refractivity contribution >= 4 is 35.8 Å². The maximum atomic E-state index is 9.58. The van der Waals surface area contributed by atoms with Crippen LogP contribution in [0.3, 0.4) is 0 Å². The number of rotatable bonds is 9.